The Morgan fingerprint density at radius 3 is 2.59 bits per heavy atom. The van der Waals surface area contributed by atoms with Gasteiger partial charge in [-0.1, -0.05) is 47.5 Å². The Hall–Kier alpha value is -2.69. The number of halogens is 2. The van der Waals surface area contributed by atoms with Crippen molar-refractivity contribution >= 4 is 35.1 Å². The highest BCUT2D eigenvalue weighted by molar-refractivity contribution is 6.31. The first kappa shape index (κ1) is 19.1. The molecule has 138 valence electrons. The molecule has 0 aliphatic heterocycles. The molecule has 1 N–H and O–H groups in total. The first-order valence-corrected chi connectivity index (χ1v) is 9.00. The fourth-order valence-corrected chi connectivity index (χ4v) is 2.77. The fourth-order valence-electron chi connectivity index (χ4n) is 2.39. The lowest BCUT2D eigenvalue weighted by molar-refractivity contribution is 0.284. The molecule has 6 heteroatoms. The van der Waals surface area contributed by atoms with Gasteiger partial charge < -0.3 is 9.47 Å². The van der Waals surface area contributed by atoms with Gasteiger partial charge in [0.1, 0.15) is 6.61 Å². The lowest BCUT2D eigenvalue weighted by Crippen LogP contribution is -1.99. The topological polar surface area (TPSA) is 42.8 Å². The molecule has 3 aromatic carbocycles. The Labute approximate surface area is 168 Å². The third kappa shape index (κ3) is 5.39. The van der Waals surface area contributed by atoms with Crippen LogP contribution in [-0.2, 0) is 6.61 Å². The van der Waals surface area contributed by atoms with Crippen molar-refractivity contribution in [3.63, 3.8) is 0 Å². The molecule has 4 nitrogen and oxygen atoms in total. The maximum atomic E-state index is 6.16. The van der Waals surface area contributed by atoms with Crippen LogP contribution in [0.4, 0.5) is 5.69 Å². The first-order chi connectivity index (χ1) is 13.2. The van der Waals surface area contributed by atoms with Gasteiger partial charge in [-0.3, -0.25) is 5.43 Å². The summed E-state index contributed by atoms with van der Waals surface area (Å²) in [7, 11) is 1.60. The molecule has 0 bridgehead atoms. The highest BCUT2D eigenvalue weighted by atomic mass is 35.5. The Kier molecular flexibility index (Phi) is 6.58. The van der Waals surface area contributed by atoms with Gasteiger partial charge in [-0.2, -0.15) is 5.10 Å². The van der Waals surface area contributed by atoms with Crippen LogP contribution in [-0.4, -0.2) is 13.3 Å². The summed E-state index contributed by atoms with van der Waals surface area (Å²) in [5.74, 6) is 1.26. The summed E-state index contributed by atoms with van der Waals surface area (Å²) in [6, 6.07) is 20.5. The van der Waals surface area contributed by atoms with E-state index in [0.717, 1.165) is 16.8 Å². The molecule has 0 aromatic heterocycles. The van der Waals surface area contributed by atoms with Gasteiger partial charge in [0.15, 0.2) is 11.5 Å². The van der Waals surface area contributed by atoms with Crippen molar-refractivity contribution < 1.29 is 9.47 Å². The zero-order chi connectivity index (χ0) is 19.1. The number of rotatable bonds is 7. The van der Waals surface area contributed by atoms with Crippen LogP contribution in [0.5, 0.6) is 11.5 Å². The van der Waals surface area contributed by atoms with Crippen LogP contribution in [0.3, 0.4) is 0 Å². The number of methoxy groups -OCH3 is 1. The van der Waals surface area contributed by atoms with Crippen molar-refractivity contribution in [2.75, 3.05) is 12.5 Å². The summed E-state index contributed by atoms with van der Waals surface area (Å²) in [5, 5.41) is 5.54. The molecule has 0 fully saturated rings. The molecule has 0 spiro atoms. The van der Waals surface area contributed by atoms with Crippen LogP contribution in [0.25, 0.3) is 0 Å². The lowest BCUT2D eigenvalue weighted by Gasteiger charge is -2.12. The molecular weight excluding hydrogens is 383 g/mol. The van der Waals surface area contributed by atoms with E-state index in [9.17, 15) is 0 Å². The molecule has 0 radical (unpaired) electrons. The second-order valence-electron chi connectivity index (χ2n) is 5.67. The van der Waals surface area contributed by atoms with Crippen LogP contribution < -0.4 is 14.9 Å². The summed E-state index contributed by atoms with van der Waals surface area (Å²) in [4.78, 5) is 0. The first-order valence-electron chi connectivity index (χ1n) is 8.24. The molecule has 0 saturated heterocycles. The van der Waals surface area contributed by atoms with Crippen LogP contribution in [0.15, 0.2) is 71.8 Å². The number of nitrogens with zero attached hydrogens (tertiary/aromatic N) is 1. The normalized spacial score (nSPS) is 10.8. The zero-order valence-corrected chi connectivity index (χ0v) is 16.2. The van der Waals surface area contributed by atoms with E-state index in [4.69, 9.17) is 32.7 Å². The maximum absolute atomic E-state index is 6.16. The number of hydrazone groups is 1. The van der Waals surface area contributed by atoms with E-state index < -0.39 is 0 Å². The Morgan fingerprint density at radius 2 is 1.81 bits per heavy atom. The zero-order valence-electron chi connectivity index (χ0n) is 14.7. The van der Waals surface area contributed by atoms with Crippen LogP contribution in [0.1, 0.15) is 11.1 Å². The molecule has 0 atom stereocenters. The van der Waals surface area contributed by atoms with Gasteiger partial charge in [-0.05, 0) is 48.0 Å². The average Bonchev–Trinajstić information content (AvgIpc) is 2.68. The second kappa shape index (κ2) is 9.31. The van der Waals surface area contributed by atoms with Crippen molar-refractivity contribution in [3.8, 4) is 11.5 Å². The summed E-state index contributed by atoms with van der Waals surface area (Å²) < 4.78 is 11.3. The van der Waals surface area contributed by atoms with Gasteiger partial charge in [0.2, 0.25) is 0 Å². The molecule has 0 saturated carbocycles. The average molecular weight is 401 g/mol. The molecule has 27 heavy (non-hydrogen) atoms. The minimum absolute atomic E-state index is 0.361. The molecular formula is C21H18Cl2N2O2. The minimum atomic E-state index is 0.361. The Bertz CT molecular complexity index is 945. The number of ether oxygens (including phenoxy) is 2. The van der Waals surface area contributed by atoms with Gasteiger partial charge in [-0.25, -0.2) is 0 Å². The number of benzene rings is 3. The van der Waals surface area contributed by atoms with Crippen molar-refractivity contribution in [2.24, 2.45) is 5.10 Å². The van der Waals surface area contributed by atoms with E-state index in [0.29, 0.717) is 28.2 Å². The summed E-state index contributed by atoms with van der Waals surface area (Å²) >= 11 is 12.1. The molecule has 3 rings (SSSR count). The van der Waals surface area contributed by atoms with Gasteiger partial charge in [0.25, 0.3) is 0 Å². The number of hydrogen-bond donors (Lipinski definition) is 1. The number of anilines is 1. The predicted molar refractivity (Wildman–Crippen MR) is 111 cm³/mol. The van der Waals surface area contributed by atoms with E-state index in [-0.39, 0.29) is 0 Å². The van der Waals surface area contributed by atoms with Gasteiger partial charge in [0, 0.05) is 15.6 Å². The minimum Gasteiger partial charge on any atom is -0.493 e. The lowest BCUT2D eigenvalue weighted by atomic mass is 10.2. The molecule has 0 unspecified atom stereocenters. The van der Waals surface area contributed by atoms with Crippen molar-refractivity contribution in [3.05, 3.63) is 87.9 Å². The molecule has 0 amide bonds. The van der Waals surface area contributed by atoms with E-state index >= 15 is 0 Å². The molecule has 0 heterocycles. The fraction of sp³-hybridized carbons (Fsp3) is 0.0952. The third-order valence-corrected chi connectivity index (χ3v) is 4.36. The molecule has 3 aromatic rings. The van der Waals surface area contributed by atoms with Crippen LogP contribution >= 0.6 is 23.2 Å². The monoisotopic (exact) mass is 400 g/mol. The van der Waals surface area contributed by atoms with Crippen LogP contribution in [0.2, 0.25) is 10.0 Å². The maximum Gasteiger partial charge on any atom is 0.161 e. The highest BCUT2D eigenvalue weighted by Crippen LogP contribution is 2.29. The largest absolute Gasteiger partial charge is 0.493 e. The van der Waals surface area contributed by atoms with E-state index in [1.807, 2.05) is 60.7 Å². The third-order valence-electron chi connectivity index (χ3n) is 3.76. The summed E-state index contributed by atoms with van der Waals surface area (Å²) in [5.41, 5.74) is 5.53. The van der Waals surface area contributed by atoms with Crippen molar-refractivity contribution in [2.45, 2.75) is 6.61 Å². The quantitative estimate of drug-likeness (QED) is 0.389. The Morgan fingerprint density at radius 1 is 0.963 bits per heavy atom. The Balaban J connectivity index is 1.66. The summed E-state index contributed by atoms with van der Waals surface area (Å²) in [6.07, 6.45) is 1.70. The van der Waals surface area contributed by atoms with E-state index in [1.54, 1.807) is 19.4 Å². The van der Waals surface area contributed by atoms with Gasteiger partial charge >= 0.3 is 0 Å². The predicted octanol–water partition coefficient (Wildman–Crippen LogP) is 6.03. The molecule has 0 aliphatic carbocycles. The van der Waals surface area contributed by atoms with E-state index in [2.05, 4.69) is 10.5 Å². The number of hydrogen-bond acceptors (Lipinski definition) is 4. The summed E-state index contributed by atoms with van der Waals surface area (Å²) in [6.45, 7) is 0.361. The second-order valence-corrected chi connectivity index (χ2v) is 6.51. The van der Waals surface area contributed by atoms with Crippen LogP contribution in [0, 0.1) is 0 Å². The van der Waals surface area contributed by atoms with Gasteiger partial charge in [0.05, 0.1) is 19.0 Å². The SMILES string of the molecule is COc1cc(/C=N\Nc2cccc(Cl)c2)ccc1OCc1ccccc1Cl. The van der Waals surface area contributed by atoms with Crippen molar-refractivity contribution in [1.29, 1.82) is 0 Å². The standard InChI is InChI=1S/C21H18Cl2N2O2/c1-26-21-11-15(13-24-25-18-7-4-6-17(22)12-18)9-10-20(21)27-14-16-5-2-3-8-19(16)23/h2-13,25H,14H2,1H3/b24-13-. The van der Waals surface area contributed by atoms with Gasteiger partial charge in [-0.15, -0.1) is 0 Å². The molecule has 0 aliphatic rings. The number of nitrogens with one attached hydrogen (secondary N) is 1. The smallest absolute Gasteiger partial charge is 0.161 e. The van der Waals surface area contributed by atoms with E-state index in [1.165, 1.54) is 0 Å². The highest BCUT2D eigenvalue weighted by Gasteiger charge is 2.07. The van der Waals surface area contributed by atoms with Crippen molar-refractivity contribution in [1.82, 2.24) is 0 Å².